The van der Waals surface area contributed by atoms with Gasteiger partial charge in [-0.2, -0.15) is 0 Å². The normalized spacial score (nSPS) is 15.8. The molecule has 5 heteroatoms. The Kier molecular flexibility index (Phi) is 7.08. The van der Waals surface area contributed by atoms with Gasteiger partial charge in [0.1, 0.15) is 5.75 Å². The molecule has 0 atom stereocenters. The quantitative estimate of drug-likeness (QED) is 0.393. The molecule has 1 saturated heterocycles. The largest absolute Gasteiger partial charge is 0.491 e. The van der Waals surface area contributed by atoms with Crippen LogP contribution in [-0.2, 0) is 0 Å². The van der Waals surface area contributed by atoms with Crippen LogP contribution in [0.5, 0.6) is 5.75 Å². The predicted molar refractivity (Wildman–Crippen MR) is 140 cm³/mol. The first-order chi connectivity index (χ1) is 16.3. The number of piperazine rings is 1. The van der Waals surface area contributed by atoms with E-state index in [9.17, 15) is 0 Å². The average Bonchev–Trinajstić information content (AvgIpc) is 2.87. The summed E-state index contributed by atoms with van der Waals surface area (Å²) in [6, 6.07) is 26.1. The van der Waals surface area contributed by atoms with Gasteiger partial charge in [-0.3, -0.25) is 4.90 Å². The zero-order chi connectivity index (χ0) is 22.5. The summed E-state index contributed by atoms with van der Waals surface area (Å²) in [4.78, 5) is 10.3. The molecule has 0 unspecified atom stereocenters. The van der Waals surface area contributed by atoms with Crippen LogP contribution < -0.4 is 14.5 Å². The van der Waals surface area contributed by atoms with Crippen LogP contribution in [0, 0.1) is 0 Å². The molecule has 172 valence electrons. The maximum Gasteiger partial charge on any atom is 0.142 e. The minimum absolute atomic E-state index is 0.776. The zero-order valence-electron chi connectivity index (χ0n) is 19.5. The Hall–Kier alpha value is -2.63. The number of benzene rings is 3. The second kappa shape index (κ2) is 10.5. The molecule has 0 radical (unpaired) electrons. The van der Waals surface area contributed by atoms with E-state index in [1.165, 1.54) is 26.9 Å². The third-order valence-corrected chi connectivity index (χ3v) is 7.56. The summed E-state index contributed by atoms with van der Waals surface area (Å²) in [7, 11) is 0. The number of hydrogen-bond acceptors (Lipinski definition) is 5. The molecule has 0 aromatic heterocycles. The molecule has 4 nitrogen and oxygen atoms in total. The van der Waals surface area contributed by atoms with Crippen LogP contribution in [0.2, 0.25) is 0 Å². The number of hydrogen-bond donors (Lipinski definition) is 0. The predicted octanol–water partition coefficient (Wildman–Crippen LogP) is 6.29. The summed E-state index contributed by atoms with van der Waals surface area (Å²) in [6.45, 7) is 9.42. The summed E-state index contributed by atoms with van der Waals surface area (Å²) in [6.07, 6.45) is 2.19. The number of anilines is 3. The molecule has 0 aliphatic carbocycles. The van der Waals surface area contributed by atoms with Gasteiger partial charge < -0.3 is 14.5 Å². The summed E-state index contributed by atoms with van der Waals surface area (Å²) in [5.74, 6) is 1.02. The second-order valence-corrected chi connectivity index (χ2v) is 9.77. The number of fused-ring (bicyclic) bond motifs is 2. The summed E-state index contributed by atoms with van der Waals surface area (Å²) < 4.78 is 5.99. The van der Waals surface area contributed by atoms with Gasteiger partial charge in [-0.05, 0) is 55.8 Å². The highest BCUT2D eigenvalue weighted by Crippen LogP contribution is 2.47. The lowest BCUT2D eigenvalue weighted by Gasteiger charge is -2.37. The van der Waals surface area contributed by atoms with E-state index in [-0.39, 0.29) is 0 Å². The van der Waals surface area contributed by atoms with Gasteiger partial charge in [0.15, 0.2) is 0 Å². The van der Waals surface area contributed by atoms with E-state index in [2.05, 4.69) is 94.4 Å². The van der Waals surface area contributed by atoms with Gasteiger partial charge in [0, 0.05) is 42.5 Å². The fraction of sp³-hybridized carbons (Fsp3) is 0.357. The van der Waals surface area contributed by atoms with E-state index in [4.69, 9.17) is 4.74 Å². The SMILES string of the molecule is CCCOc1ccccc1N1CCN(CCCN2c3ccccc3Sc3ccccc32)CC1. The van der Waals surface area contributed by atoms with Crippen molar-refractivity contribution in [1.29, 1.82) is 0 Å². The standard InChI is InChI=1S/C28H33N3OS/c1-2-22-32-26-13-6-3-10-23(26)30-20-18-29(19-21-30)16-9-17-31-24-11-4-7-14-27(24)33-28-15-8-5-12-25(28)31/h3-8,10-15H,2,9,16-22H2,1H3. The van der Waals surface area contributed by atoms with Gasteiger partial charge in [0.2, 0.25) is 0 Å². The van der Waals surface area contributed by atoms with Gasteiger partial charge in [0.25, 0.3) is 0 Å². The van der Waals surface area contributed by atoms with Crippen molar-refractivity contribution < 1.29 is 4.74 Å². The van der Waals surface area contributed by atoms with Crippen molar-refractivity contribution in [3.8, 4) is 5.75 Å². The average molecular weight is 460 g/mol. The molecule has 0 saturated carbocycles. The molecule has 1 fully saturated rings. The van der Waals surface area contributed by atoms with Crippen molar-refractivity contribution in [3.63, 3.8) is 0 Å². The zero-order valence-corrected chi connectivity index (χ0v) is 20.3. The van der Waals surface area contributed by atoms with Crippen molar-refractivity contribution in [2.75, 3.05) is 55.7 Å². The van der Waals surface area contributed by atoms with Crippen molar-refractivity contribution in [3.05, 3.63) is 72.8 Å². The molecule has 3 aromatic rings. The highest BCUT2D eigenvalue weighted by molar-refractivity contribution is 7.99. The van der Waals surface area contributed by atoms with Crippen molar-refractivity contribution in [1.82, 2.24) is 4.90 Å². The Bertz CT molecular complexity index is 1020. The molecule has 2 aliphatic rings. The molecule has 5 rings (SSSR count). The minimum Gasteiger partial charge on any atom is -0.491 e. The molecule has 0 bridgehead atoms. The Labute approximate surface area is 202 Å². The van der Waals surface area contributed by atoms with E-state index < -0.39 is 0 Å². The monoisotopic (exact) mass is 459 g/mol. The molecular formula is C28H33N3OS. The maximum absolute atomic E-state index is 5.99. The highest BCUT2D eigenvalue weighted by Gasteiger charge is 2.23. The molecule has 2 aliphatic heterocycles. The number of rotatable bonds is 8. The molecule has 0 N–H and O–H groups in total. The van der Waals surface area contributed by atoms with Crippen LogP contribution >= 0.6 is 11.8 Å². The van der Waals surface area contributed by atoms with Gasteiger partial charge >= 0.3 is 0 Å². The summed E-state index contributed by atoms with van der Waals surface area (Å²) in [5.41, 5.74) is 3.93. The van der Waals surface area contributed by atoms with Crippen LogP contribution in [-0.4, -0.2) is 50.8 Å². The van der Waals surface area contributed by atoms with Gasteiger partial charge in [-0.15, -0.1) is 0 Å². The van der Waals surface area contributed by atoms with E-state index in [1.54, 1.807) is 0 Å². The Morgan fingerprint density at radius 3 is 2.00 bits per heavy atom. The van der Waals surface area contributed by atoms with E-state index >= 15 is 0 Å². The number of para-hydroxylation sites is 4. The van der Waals surface area contributed by atoms with E-state index in [0.29, 0.717) is 0 Å². The minimum atomic E-state index is 0.776. The van der Waals surface area contributed by atoms with Gasteiger partial charge in [-0.1, -0.05) is 55.1 Å². The first-order valence-electron chi connectivity index (χ1n) is 12.2. The second-order valence-electron chi connectivity index (χ2n) is 8.69. The smallest absolute Gasteiger partial charge is 0.142 e. The molecular weight excluding hydrogens is 426 g/mol. The van der Waals surface area contributed by atoms with Gasteiger partial charge in [-0.25, -0.2) is 0 Å². The lowest BCUT2D eigenvalue weighted by molar-refractivity contribution is 0.254. The fourth-order valence-corrected chi connectivity index (χ4v) is 5.84. The van der Waals surface area contributed by atoms with Crippen molar-refractivity contribution >= 4 is 28.8 Å². The van der Waals surface area contributed by atoms with Crippen LogP contribution in [0.15, 0.2) is 82.6 Å². The number of ether oxygens (including phenoxy) is 1. The molecule has 0 amide bonds. The first-order valence-corrected chi connectivity index (χ1v) is 13.0. The number of nitrogens with zero attached hydrogens (tertiary/aromatic N) is 3. The van der Waals surface area contributed by atoms with Crippen LogP contribution in [0.4, 0.5) is 17.1 Å². The topological polar surface area (TPSA) is 19.0 Å². The molecule has 0 spiro atoms. The third kappa shape index (κ3) is 4.99. The Morgan fingerprint density at radius 2 is 1.33 bits per heavy atom. The summed E-state index contributed by atoms with van der Waals surface area (Å²) >= 11 is 1.88. The molecule has 3 aromatic carbocycles. The van der Waals surface area contributed by atoms with Crippen LogP contribution in [0.25, 0.3) is 0 Å². The lowest BCUT2D eigenvalue weighted by atomic mass is 10.2. The first kappa shape index (κ1) is 22.2. The molecule has 33 heavy (non-hydrogen) atoms. The van der Waals surface area contributed by atoms with Crippen LogP contribution in [0.1, 0.15) is 19.8 Å². The van der Waals surface area contributed by atoms with Crippen LogP contribution in [0.3, 0.4) is 0 Å². The van der Waals surface area contributed by atoms with E-state index in [1.807, 2.05) is 11.8 Å². The Balaban J connectivity index is 1.17. The lowest BCUT2D eigenvalue weighted by Crippen LogP contribution is -2.47. The fourth-order valence-electron chi connectivity index (χ4n) is 4.74. The van der Waals surface area contributed by atoms with Crippen molar-refractivity contribution in [2.45, 2.75) is 29.6 Å². The molecule has 2 heterocycles. The van der Waals surface area contributed by atoms with E-state index in [0.717, 1.165) is 64.5 Å². The Morgan fingerprint density at radius 1 is 0.727 bits per heavy atom. The summed E-state index contributed by atoms with van der Waals surface area (Å²) in [5, 5.41) is 0. The van der Waals surface area contributed by atoms with Crippen molar-refractivity contribution in [2.24, 2.45) is 0 Å². The third-order valence-electron chi connectivity index (χ3n) is 6.43. The highest BCUT2D eigenvalue weighted by atomic mass is 32.2. The van der Waals surface area contributed by atoms with Gasteiger partial charge in [0.05, 0.1) is 23.7 Å². The maximum atomic E-state index is 5.99.